The quantitative estimate of drug-likeness (QED) is 0.121. The number of hydrogen-bond acceptors (Lipinski definition) is 6. The first-order chi connectivity index (χ1) is 16.1. The standard InChI is InChI=1S/C24H34O8S2/c1-2-3-4-5-6-7-8-9-10-12-15-20-18-19-22(33(25,26)27)24(34(28,29)30)23(20)32-31-21-16-13-11-14-17-21/h11,13-14,16-19H,2-10,12,15H2,1H3,(H,25,26,27)(H,28,29,30). The van der Waals surface area contributed by atoms with Crippen LogP contribution < -0.4 is 9.78 Å². The van der Waals surface area contributed by atoms with Crippen molar-refractivity contribution in [2.75, 3.05) is 0 Å². The van der Waals surface area contributed by atoms with Crippen LogP contribution in [0.2, 0.25) is 0 Å². The Balaban J connectivity index is 2.12. The van der Waals surface area contributed by atoms with E-state index in [9.17, 15) is 25.9 Å². The maximum absolute atomic E-state index is 12.1. The van der Waals surface area contributed by atoms with Gasteiger partial charge in [-0.15, -0.1) is 0 Å². The van der Waals surface area contributed by atoms with Crippen LogP contribution in [0.3, 0.4) is 0 Å². The summed E-state index contributed by atoms with van der Waals surface area (Å²) in [6, 6.07) is 10.5. The van der Waals surface area contributed by atoms with Gasteiger partial charge in [0.1, 0.15) is 4.90 Å². The van der Waals surface area contributed by atoms with E-state index in [2.05, 4.69) is 6.92 Å². The first-order valence-electron chi connectivity index (χ1n) is 11.6. The van der Waals surface area contributed by atoms with E-state index in [0.717, 1.165) is 25.3 Å². The Kier molecular flexibility index (Phi) is 11.3. The summed E-state index contributed by atoms with van der Waals surface area (Å²) >= 11 is 0. The zero-order valence-electron chi connectivity index (χ0n) is 19.5. The summed E-state index contributed by atoms with van der Waals surface area (Å²) in [7, 11) is -10.0. The summed E-state index contributed by atoms with van der Waals surface area (Å²) in [6.45, 7) is 2.19. The molecule has 2 aromatic rings. The van der Waals surface area contributed by atoms with Gasteiger partial charge in [0.25, 0.3) is 20.2 Å². The Bertz CT molecular complexity index is 1100. The fourth-order valence-electron chi connectivity index (χ4n) is 3.69. The predicted octanol–water partition coefficient (Wildman–Crippen LogP) is 6.02. The SMILES string of the molecule is CCCCCCCCCCCCc1ccc(S(=O)(=O)O)c(S(=O)(=O)O)c1OOc1ccccc1. The van der Waals surface area contributed by atoms with Gasteiger partial charge < -0.3 is 0 Å². The van der Waals surface area contributed by atoms with Crippen molar-refractivity contribution in [1.82, 2.24) is 0 Å². The monoisotopic (exact) mass is 514 g/mol. The minimum Gasteiger partial charge on any atom is -0.290 e. The molecule has 0 saturated carbocycles. The summed E-state index contributed by atoms with van der Waals surface area (Å²) in [5.41, 5.74) is 0.343. The lowest BCUT2D eigenvalue weighted by Crippen LogP contribution is -2.14. The van der Waals surface area contributed by atoms with Gasteiger partial charge >= 0.3 is 0 Å². The van der Waals surface area contributed by atoms with Crippen molar-refractivity contribution in [3.05, 3.63) is 48.0 Å². The molecule has 0 aromatic heterocycles. The van der Waals surface area contributed by atoms with Crippen molar-refractivity contribution in [3.8, 4) is 11.5 Å². The summed E-state index contributed by atoms with van der Waals surface area (Å²) < 4.78 is 66.9. The molecule has 8 nitrogen and oxygen atoms in total. The van der Waals surface area contributed by atoms with Crippen LogP contribution in [0.15, 0.2) is 52.3 Å². The topological polar surface area (TPSA) is 127 Å². The van der Waals surface area contributed by atoms with E-state index in [1.54, 1.807) is 30.3 Å². The van der Waals surface area contributed by atoms with Gasteiger partial charge in [-0.1, -0.05) is 89.0 Å². The molecule has 0 bridgehead atoms. The molecule has 0 amide bonds. The lowest BCUT2D eigenvalue weighted by molar-refractivity contribution is -0.104. The van der Waals surface area contributed by atoms with Crippen LogP contribution in [0.5, 0.6) is 11.5 Å². The van der Waals surface area contributed by atoms with Gasteiger partial charge in [0, 0.05) is 5.56 Å². The van der Waals surface area contributed by atoms with Crippen molar-refractivity contribution in [2.45, 2.75) is 87.3 Å². The van der Waals surface area contributed by atoms with E-state index < -0.39 is 35.8 Å². The van der Waals surface area contributed by atoms with E-state index in [1.807, 2.05) is 0 Å². The van der Waals surface area contributed by atoms with Gasteiger partial charge in [0.2, 0.25) is 5.75 Å². The Hall–Kier alpha value is -2.14. The number of rotatable bonds is 16. The highest BCUT2D eigenvalue weighted by molar-refractivity contribution is 7.89. The molecule has 0 aliphatic heterocycles. The van der Waals surface area contributed by atoms with E-state index in [-0.39, 0.29) is 5.75 Å². The van der Waals surface area contributed by atoms with Crippen LogP contribution in [0.1, 0.15) is 76.7 Å². The number of aryl methyl sites for hydroxylation is 1. The van der Waals surface area contributed by atoms with Crippen LogP contribution in [0.25, 0.3) is 0 Å². The van der Waals surface area contributed by atoms with Crippen LogP contribution in [0, 0.1) is 0 Å². The van der Waals surface area contributed by atoms with E-state index in [1.165, 1.54) is 44.6 Å². The highest BCUT2D eigenvalue weighted by Gasteiger charge is 2.31. The Morgan fingerprint density at radius 3 is 1.76 bits per heavy atom. The van der Waals surface area contributed by atoms with Gasteiger partial charge in [-0.05, 0) is 31.0 Å². The second-order valence-corrected chi connectivity index (χ2v) is 11.0. The third-order valence-electron chi connectivity index (χ3n) is 5.46. The van der Waals surface area contributed by atoms with Crippen LogP contribution >= 0.6 is 0 Å². The molecule has 0 radical (unpaired) electrons. The van der Waals surface area contributed by atoms with Gasteiger partial charge in [-0.2, -0.15) is 16.8 Å². The lowest BCUT2D eigenvalue weighted by atomic mass is 10.0. The number of hydrogen-bond donors (Lipinski definition) is 2. The Labute approximate surface area is 202 Å². The fraction of sp³-hybridized carbons (Fsp3) is 0.500. The van der Waals surface area contributed by atoms with Crippen molar-refractivity contribution < 1.29 is 35.7 Å². The molecule has 0 unspecified atom stereocenters. The molecule has 0 aliphatic carbocycles. The predicted molar refractivity (Wildman–Crippen MR) is 129 cm³/mol. The number of benzene rings is 2. The molecular weight excluding hydrogens is 480 g/mol. The minimum absolute atomic E-state index is 0.242. The molecule has 0 fully saturated rings. The summed E-state index contributed by atoms with van der Waals surface area (Å²) in [5.74, 6) is -0.219. The van der Waals surface area contributed by atoms with Gasteiger partial charge in [0.15, 0.2) is 10.6 Å². The molecule has 190 valence electrons. The van der Waals surface area contributed by atoms with Crippen LogP contribution in [-0.4, -0.2) is 25.9 Å². The lowest BCUT2D eigenvalue weighted by Gasteiger charge is -2.15. The molecule has 10 heteroatoms. The van der Waals surface area contributed by atoms with Gasteiger partial charge in [-0.25, -0.2) is 0 Å². The minimum atomic E-state index is -5.07. The molecule has 0 aliphatic rings. The number of unbranched alkanes of at least 4 members (excludes halogenated alkanes) is 9. The average Bonchev–Trinajstić information content (AvgIpc) is 2.78. The zero-order valence-corrected chi connectivity index (χ0v) is 21.1. The molecular formula is C24H34O8S2. The molecule has 2 aromatic carbocycles. The molecule has 0 spiro atoms. The van der Waals surface area contributed by atoms with Crippen LogP contribution in [-0.2, 0) is 26.7 Å². The molecule has 2 rings (SSSR count). The van der Waals surface area contributed by atoms with E-state index in [0.29, 0.717) is 18.4 Å². The number of para-hydroxylation sites is 1. The largest absolute Gasteiger partial charge is 0.299 e. The third-order valence-corrected chi connectivity index (χ3v) is 7.40. The maximum Gasteiger partial charge on any atom is 0.299 e. The fourth-order valence-corrected chi connectivity index (χ4v) is 5.61. The summed E-state index contributed by atoms with van der Waals surface area (Å²) in [5, 5.41) is 0. The molecule has 2 N–H and O–H groups in total. The van der Waals surface area contributed by atoms with Crippen molar-refractivity contribution in [2.24, 2.45) is 0 Å². The molecule has 0 saturated heterocycles. The zero-order chi connectivity index (χ0) is 25.0. The van der Waals surface area contributed by atoms with Crippen molar-refractivity contribution >= 4 is 20.2 Å². The van der Waals surface area contributed by atoms with Crippen LogP contribution in [0.4, 0.5) is 0 Å². The Morgan fingerprint density at radius 2 is 1.24 bits per heavy atom. The maximum atomic E-state index is 12.1. The first kappa shape index (κ1) is 28.1. The normalized spacial score (nSPS) is 12.0. The highest BCUT2D eigenvalue weighted by Crippen LogP contribution is 2.35. The van der Waals surface area contributed by atoms with Crippen molar-refractivity contribution in [3.63, 3.8) is 0 Å². The smallest absolute Gasteiger partial charge is 0.290 e. The average molecular weight is 515 g/mol. The van der Waals surface area contributed by atoms with Gasteiger partial charge in [0.05, 0.1) is 0 Å². The van der Waals surface area contributed by atoms with E-state index in [4.69, 9.17) is 9.78 Å². The highest BCUT2D eigenvalue weighted by atomic mass is 32.2. The molecule has 0 heterocycles. The summed E-state index contributed by atoms with van der Waals surface area (Å²) in [4.78, 5) is 8.40. The first-order valence-corrected chi connectivity index (χ1v) is 14.5. The van der Waals surface area contributed by atoms with Crippen molar-refractivity contribution in [1.29, 1.82) is 0 Å². The molecule has 0 atom stereocenters. The third kappa shape index (κ3) is 9.25. The second kappa shape index (κ2) is 13.7. The van der Waals surface area contributed by atoms with Gasteiger partial charge in [-0.3, -0.25) is 18.9 Å². The summed E-state index contributed by atoms with van der Waals surface area (Å²) in [6.07, 6.45) is 11.6. The van der Waals surface area contributed by atoms with E-state index >= 15 is 0 Å². The Morgan fingerprint density at radius 1 is 0.676 bits per heavy atom. The second-order valence-electron chi connectivity index (χ2n) is 8.24. The molecule has 34 heavy (non-hydrogen) atoms.